The van der Waals surface area contributed by atoms with Crippen LogP contribution in [0.3, 0.4) is 0 Å². The highest BCUT2D eigenvalue weighted by atomic mass is 19.1. The highest BCUT2D eigenvalue weighted by molar-refractivity contribution is 6.08. The number of aliphatic imine (C=N–C) groups is 1. The Morgan fingerprint density at radius 1 is 1.39 bits per heavy atom. The van der Waals surface area contributed by atoms with E-state index >= 15 is 0 Å². The number of alkyl halides is 1. The molecule has 1 aliphatic carbocycles. The smallest absolute Gasteiger partial charge is 0.247 e. The van der Waals surface area contributed by atoms with Crippen molar-refractivity contribution in [1.82, 2.24) is 5.32 Å². The van der Waals surface area contributed by atoms with Gasteiger partial charge in [0.05, 0.1) is 23.2 Å². The first-order chi connectivity index (χ1) is 15.8. The van der Waals surface area contributed by atoms with Gasteiger partial charge in [-0.05, 0) is 69.7 Å². The molecule has 2 N–H and O–H groups in total. The van der Waals surface area contributed by atoms with Gasteiger partial charge in [-0.2, -0.15) is 0 Å². The minimum absolute atomic E-state index is 0. The summed E-state index contributed by atoms with van der Waals surface area (Å²) in [6, 6.07) is 5.66. The Morgan fingerprint density at radius 2 is 2.06 bits per heavy atom. The maximum absolute atomic E-state index is 13.9. The maximum Gasteiger partial charge on any atom is 0.247 e. The van der Waals surface area contributed by atoms with Crippen LogP contribution in [0.2, 0.25) is 0 Å². The van der Waals surface area contributed by atoms with Crippen LogP contribution in [0.5, 0.6) is 0 Å². The van der Waals surface area contributed by atoms with Gasteiger partial charge in [0.1, 0.15) is 12.0 Å². The quantitative estimate of drug-likeness (QED) is 0.269. The SMILES string of the molecule is C=CC(=N/C(=C/C)c1cccc(F)c1)[C@H](C)NC(=O)/C(=C/C(=N)C(F)CC)CC1CC1.CC.[HH]. The molecule has 0 radical (unpaired) electrons. The van der Waals surface area contributed by atoms with Crippen molar-refractivity contribution in [2.45, 2.75) is 72.5 Å². The number of halogens is 2. The Bertz CT molecular complexity index is 920. The van der Waals surface area contributed by atoms with Crippen LogP contribution in [0.1, 0.15) is 67.3 Å². The summed E-state index contributed by atoms with van der Waals surface area (Å²) in [5, 5.41) is 10.8. The number of nitrogens with one attached hydrogen (secondary N) is 2. The van der Waals surface area contributed by atoms with E-state index in [4.69, 9.17) is 5.41 Å². The third-order valence-corrected chi connectivity index (χ3v) is 5.17. The van der Waals surface area contributed by atoms with Crippen LogP contribution in [-0.4, -0.2) is 29.5 Å². The van der Waals surface area contributed by atoms with Gasteiger partial charge in [0, 0.05) is 12.6 Å². The van der Waals surface area contributed by atoms with Gasteiger partial charge in [0.25, 0.3) is 0 Å². The molecule has 1 fully saturated rings. The topological polar surface area (TPSA) is 65.3 Å². The summed E-state index contributed by atoms with van der Waals surface area (Å²) in [6.45, 7) is 13.0. The molecule has 182 valence electrons. The fraction of sp³-hybridized carbons (Fsp3) is 0.444. The Balaban J connectivity index is 0.00000353. The van der Waals surface area contributed by atoms with Gasteiger partial charge >= 0.3 is 0 Å². The monoisotopic (exact) mass is 459 g/mol. The van der Waals surface area contributed by atoms with E-state index < -0.39 is 12.2 Å². The maximum atomic E-state index is 13.9. The molecule has 1 aromatic rings. The molecule has 1 aromatic carbocycles. The van der Waals surface area contributed by atoms with Crippen LogP contribution in [-0.2, 0) is 4.79 Å². The van der Waals surface area contributed by atoms with Gasteiger partial charge in [0.15, 0.2) is 0 Å². The number of hydrogen-bond acceptors (Lipinski definition) is 3. The summed E-state index contributed by atoms with van der Waals surface area (Å²) in [5.41, 5.74) is 1.94. The standard InChI is InChI=1S/C25H31F2N3O.C2H6.H2/c1-5-21(27)22(28)15-19(13-17-11-12-17)25(31)29-16(4)23(6-2)30-24(7-3)18-9-8-10-20(26)14-18;1-2;/h6-10,14-17,21,28H,2,5,11-13H2,1,3-4H3,(H,29,31);1-2H3;1H/b19-15+,24-7+,28-22?,30-23?;;/t16-,21?;;/m0../s1. The van der Waals surface area contributed by atoms with Crippen molar-refractivity contribution in [2.24, 2.45) is 10.9 Å². The molecule has 1 aliphatic rings. The van der Waals surface area contributed by atoms with Gasteiger partial charge in [-0.15, -0.1) is 0 Å². The van der Waals surface area contributed by atoms with Gasteiger partial charge in [-0.1, -0.05) is 45.6 Å². The third-order valence-electron chi connectivity index (χ3n) is 5.17. The summed E-state index contributed by atoms with van der Waals surface area (Å²) < 4.78 is 27.4. The Kier molecular flexibility index (Phi) is 12.2. The molecule has 0 heterocycles. The molecular weight excluding hydrogens is 420 g/mol. The fourth-order valence-corrected chi connectivity index (χ4v) is 3.11. The number of hydrogen-bond donors (Lipinski definition) is 2. The first-order valence-electron chi connectivity index (χ1n) is 11.7. The van der Waals surface area contributed by atoms with E-state index in [1.165, 1.54) is 18.2 Å². The largest absolute Gasteiger partial charge is 0.344 e. The van der Waals surface area contributed by atoms with E-state index in [-0.39, 0.29) is 25.3 Å². The van der Waals surface area contributed by atoms with Crippen LogP contribution in [0.15, 0.2) is 59.6 Å². The molecule has 1 unspecified atom stereocenters. The van der Waals surface area contributed by atoms with Crippen molar-refractivity contribution in [3.63, 3.8) is 0 Å². The van der Waals surface area contributed by atoms with Crippen LogP contribution in [0.25, 0.3) is 5.70 Å². The number of amides is 1. The van der Waals surface area contributed by atoms with E-state index in [9.17, 15) is 13.6 Å². The molecule has 0 aromatic heterocycles. The highest BCUT2D eigenvalue weighted by Crippen LogP contribution is 2.35. The zero-order valence-corrected chi connectivity index (χ0v) is 20.4. The number of carbonyl (C=O) groups excluding carboxylic acids is 1. The molecule has 4 nitrogen and oxygen atoms in total. The number of allylic oxidation sites excluding steroid dienone is 2. The average Bonchev–Trinajstić information content (AvgIpc) is 3.64. The zero-order chi connectivity index (χ0) is 25.0. The van der Waals surface area contributed by atoms with Crippen molar-refractivity contribution in [1.29, 1.82) is 5.41 Å². The van der Waals surface area contributed by atoms with E-state index in [0.29, 0.717) is 34.9 Å². The third kappa shape index (κ3) is 9.24. The van der Waals surface area contributed by atoms with E-state index in [1.54, 1.807) is 45.1 Å². The molecule has 2 rings (SSSR count). The first kappa shape index (κ1) is 28.1. The summed E-state index contributed by atoms with van der Waals surface area (Å²) in [4.78, 5) is 17.5. The molecule has 2 atom stereocenters. The molecule has 0 spiro atoms. The predicted molar refractivity (Wildman–Crippen MR) is 137 cm³/mol. The molecule has 1 saturated carbocycles. The number of rotatable bonds is 11. The average molecular weight is 460 g/mol. The minimum Gasteiger partial charge on any atom is -0.344 e. The van der Waals surface area contributed by atoms with Crippen molar-refractivity contribution < 1.29 is 15.0 Å². The molecular formula is C27H39F2N3O. The summed E-state index contributed by atoms with van der Waals surface area (Å²) >= 11 is 0. The summed E-state index contributed by atoms with van der Waals surface area (Å²) in [5.74, 6) is -0.283. The lowest BCUT2D eigenvalue weighted by Gasteiger charge is -2.17. The summed E-state index contributed by atoms with van der Waals surface area (Å²) in [6.07, 6.45) is 6.10. The van der Waals surface area contributed by atoms with Gasteiger partial charge in [-0.25, -0.2) is 8.78 Å². The second-order valence-corrected chi connectivity index (χ2v) is 7.77. The number of carbonyl (C=O) groups is 1. The molecule has 0 aliphatic heterocycles. The first-order valence-corrected chi connectivity index (χ1v) is 11.7. The lowest BCUT2D eigenvalue weighted by molar-refractivity contribution is -0.117. The summed E-state index contributed by atoms with van der Waals surface area (Å²) in [7, 11) is 0. The van der Waals surface area contributed by atoms with Gasteiger partial charge < -0.3 is 10.7 Å². The van der Waals surface area contributed by atoms with E-state index in [1.807, 2.05) is 13.8 Å². The zero-order valence-electron chi connectivity index (χ0n) is 20.4. The lowest BCUT2D eigenvalue weighted by atomic mass is 10.0. The van der Waals surface area contributed by atoms with Crippen LogP contribution >= 0.6 is 0 Å². The second-order valence-electron chi connectivity index (χ2n) is 7.77. The van der Waals surface area contributed by atoms with Crippen LogP contribution in [0, 0.1) is 17.1 Å². The Morgan fingerprint density at radius 3 is 2.58 bits per heavy atom. The van der Waals surface area contributed by atoms with E-state index in [2.05, 4.69) is 16.9 Å². The van der Waals surface area contributed by atoms with Crippen molar-refractivity contribution in [3.05, 3.63) is 66.0 Å². The Labute approximate surface area is 198 Å². The van der Waals surface area contributed by atoms with Crippen LogP contribution < -0.4 is 5.32 Å². The van der Waals surface area contributed by atoms with Gasteiger partial charge in [-0.3, -0.25) is 9.79 Å². The molecule has 6 heteroatoms. The molecule has 33 heavy (non-hydrogen) atoms. The minimum atomic E-state index is -1.38. The van der Waals surface area contributed by atoms with Gasteiger partial charge in [0.2, 0.25) is 5.91 Å². The highest BCUT2D eigenvalue weighted by Gasteiger charge is 2.27. The normalized spacial score (nSPS) is 16.3. The number of benzene rings is 1. The number of nitrogens with zero attached hydrogens (tertiary/aromatic N) is 1. The Hall–Kier alpha value is -2.89. The molecule has 0 saturated heterocycles. The fourth-order valence-electron chi connectivity index (χ4n) is 3.11. The van der Waals surface area contributed by atoms with Crippen LogP contribution in [0.4, 0.5) is 8.78 Å². The predicted octanol–water partition coefficient (Wildman–Crippen LogP) is 7.08. The second kappa shape index (κ2) is 14.3. The van der Waals surface area contributed by atoms with Crippen molar-refractivity contribution in [3.8, 4) is 0 Å². The van der Waals surface area contributed by atoms with Crippen molar-refractivity contribution in [2.75, 3.05) is 0 Å². The molecule has 0 bridgehead atoms. The van der Waals surface area contributed by atoms with Crippen molar-refractivity contribution >= 4 is 23.0 Å². The lowest BCUT2D eigenvalue weighted by Crippen LogP contribution is -2.39. The van der Waals surface area contributed by atoms with E-state index in [0.717, 1.165) is 12.8 Å². The molecule has 1 amide bonds.